The fourth-order valence-electron chi connectivity index (χ4n) is 2.40. The van der Waals surface area contributed by atoms with Crippen molar-refractivity contribution < 1.29 is 18.0 Å². The van der Waals surface area contributed by atoms with Gasteiger partial charge in [-0.05, 0) is 36.2 Å². The Hall–Kier alpha value is -2.49. The first kappa shape index (κ1) is 23.8. The van der Waals surface area contributed by atoms with E-state index in [1.54, 1.807) is 30.3 Å². The van der Waals surface area contributed by atoms with Crippen LogP contribution in [-0.2, 0) is 20.6 Å². The second-order valence-corrected chi connectivity index (χ2v) is 10.7. The van der Waals surface area contributed by atoms with Gasteiger partial charge in [0.15, 0.2) is 0 Å². The maximum absolute atomic E-state index is 12.6. The SMILES string of the molecule is C=CCNS(=O)(=O)Cc1ccc(NC(=O)c2sc(NC(=O)C(C)(C)C)cc2C)cc1. The van der Waals surface area contributed by atoms with Gasteiger partial charge in [0, 0.05) is 17.6 Å². The number of aryl methyl sites for hydroxylation is 1. The van der Waals surface area contributed by atoms with E-state index in [1.807, 2.05) is 27.7 Å². The van der Waals surface area contributed by atoms with Crippen LogP contribution < -0.4 is 15.4 Å². The lowest BCUT2D eigenvalue weighted by molar-refractivity contribution is -0.123. The molecule has 0 atom stereocenters. The minimum atomic E-state index is -3.44. The van der Waals surface area contributed by atoms with Crippen molar-refractivity contribution in [2.75, 3.05) is 17.2 Å². The quantitative estimate of drug-likeness (QED) is 0.532. The van der Waals surface area contributed by atoms with Gasteiger partial charge in [-0.15, -0.1) is 17.9 Å². The molecule has 0 fully saturated rings. The Morgan fingerprint density at radius 1 is 1.13 bits per heavy atom. The zero-order valence-corrected chi connectivity index (χ0v) is 19.2. The van der Waals surface area contributed by atoms with Gasteiger partial charge in [0.25, 0.3) is 5.91 Å². The Morgan fingerprint density at radius 2 is 1.77 bits per heavy atom. The first-order valence-electron chi connectivity index (χ1n) is 9.31. The van der Waals surface area contributed by atoms with Crippen molar-refractivity contribution in [1.29, 1.82) is 0 Å². The number of hydrogen-bond donors (Lipinski definition) is 3. The van der Waals surface area contributed by atoms with Crippen LogP contribution in [-0.4, -0.2) is 26.8 Å². The summed E-state index contributed by atoms with van der Waals surface area (Å²) in [5.74, 6) is -0.568. The molecule has 2 rings (SSSR count). The number of carbonyl (C=O) groups excluding carboxylic acids is 2. The normalized spacial score (nSPS) is 11.7. The molecule has 30 heavy (non-hydrogen) atoms. The molecule has 0 aliphatic carbocycles. The summed E-state index contributed by atoms with van der Waals surface area (Å²) in [5.41, 5.74) is 1.38. The first-order valence-corrected chi connectivity index (χ1v) is 11.8. The highest BCUT2D eigenvalue weighted by Crippen LogP contribution is 2.29. The first-order chi connectivity index (χ1) is 13.9. The lowest BCUT2D eigenvalue weighted by Crippen LogP contribution is -2.27. The molecule has 3 N–H and O–H groups in total. The van der Waals surface area contributed by atoms with Gasteiger partial charge in [0.1, 0.15) is 0 Å². The van der Waals surface area contributed by atoms with E-state index in [-0.39, 0.29) is 24.1 Å². The number of nitrogens with one attached hydrogen (secondary N) is 3. The Morgan fingerprint density at radius 3 is 2.33 bits per heavy atom. The van der Waals surface area contributed by atoms with Crippen molar-refractivity contribution in [2.45, 2.75) is 33.4 Å². The van der Waals surface area contributed by atoms with E-state index in [0.717, 1.165) is 5.56 Å². The molecule has 162 valence electrons. The summed E-state index contributed by atoms with van der Waals surface area (Å²) in [6.45, 7) is 10.9. The minimum Gasteiger partial charge on any atom is -0.321 e. The molecule has 0 aliphatic heterocycles. The molecule has 0 aliphatic rings. The molecule has 0 radical (unpaired) electrons. The predicted molar refractivity (Wildman–Crippen MR) is 122 cm³/mol. The van der Waals surface area contributed by atoms with Crippen molar-refractivity contribution in [3.8, 4) is 0 Å². The number of sulfonamides is 1. The molecular weight excluding hydrogens is 422 g/mol. The van der Waals surface area contributed by atoms with E-state index >= 15 is 0 Å². The maximum atomic E-state index is 12.6. The third-order valence-corrected chi connectivity index (χ3v) is 6.53. The van der Waals surface area contributed by atoms with E-state index in [9.17, 15) is 18.0 Å². The van der Waals surface area contributed by atoms with Gasteiger partial charge in [0.05, 0.1) is 15.6 Å². The van der Waals surface area contributed by atoms with Crippen LogP contribution in [0.1, 0.15) is 41.6 Å². The zero-order chi connectivity index (χ0) is 22.5. The molecule has 2 amide bonds. The smallest absolute Gasteiger partial charge is 0.266 e. The Labute approximate surface area is 181 Å². The highest BCUT2D eigenvalue weighted by atomic mass is 32.2. The van der Waals surface area contributed by atoms with E-state index < -0.39 is 15.4 Å². The molecular formula is C21H27N3O4S2. The second kappa shape index (κ2) is 9.55. The number of anilines is 2. The highest BCUT2D eigenvalue weighted by molar-refractivity contribution is 7.88. The molecule has 2 aromatic rings. The molecule has 0 saturated carbocycles. The van der Waals surface area contributed by atoms with E-state index in [2.05, 4.69) is 21.9 Å². The summed E-state index contributed by atoms with van der Waals surface area (Å²) < 4.78 is 26.3. The van der Waals surface area contributed by atoms with Gasteiger partial charge in [-0.2, -0.15) is 0 Å². The van der Waals surface area contributed by atoms with Crippen LogP contribution in [0.4, 0.5) is 10.7 Å². The van der Waals surface area contributed by atoms with Gasteiger partial charge in [-0.3, -0.25) is 9.59 Å². The molecule has 7 nitrogen and oxygen atoms in total. The standard InChI is InChI=1S/C21H27N3O4S2/c1-6-11-22-30(27,28)13-15-7-9-16(10-8-15)23-19(25)18-14(2)12-17(29-18)24-20(26)21(3,4)5/h6-10,12,22H,1,11,13H2,2-5H3,(H,23,25)(H,24,26). The average Bonchev–Trinajstić information content (AvgIpc) is 3.01. The van der Waals surface area contributed by atoms with Gasteiger partial charge >= 0.3 is 0 Å². The topological polar surface area (TPSA) is 104 Å². The summed E-state index contributed by atoms with van der Waals surface area (Å²) in [4.78, 5) is 25.3. The van der Waals surface area contributed by atoms with Crippen LogP contribution in [0.25, 0.3) is 0 Å². The number of rotatable bonds is 8. The van der Waals surface area contributed by atoms with Crippen LogP contribution in [0.2, 0.25) is 0 Å². The number of hydrogen-bond acceptors (Lipinski definition) is 5. The largest absolute Gasteiger partial charge is 0.321 e. The fraction of sp³-hybridized carbons (Fsp3) is 0.333. The molecule has 0 saturated heterocycles. The van der Waals surface area contributed by atoms with Crippen molar-refractivity contribution in [3.63, 3.8) is 0 Å². The number of amides is 2. The number of thiophene rings is 1. The van der Waals surface area contributed by atoms with E-state index in [0.29, 0.717) is 21.1 Å². The molecule has 0 spiro atoms. The molecule has 0 unspecified atom stereocenters. The van der Waals surface area contributed by atoms with Crippen molar-refractivity contribution in [2.24, 2.45) is 5.41 Å². The molecule has 0 bridgehead atoms. The summed E-state index contributed by atoms with van der Waals surface area (Å²) in [5, 5.41) is 6.25. The fourth-order valence-corrected chi connectivity index (χ4v) is 4.47. The summed E-state index contributed by atoms with van der Waals surface area (Å²) in [6.07, 6.45) is 1.47. The Kier molecular flexibility index (Phi) is 7.57. The minimum absolute atomic E-state index is 0.121. The third-order valence-electron chi connectivity index (χ3n) is 4.06. The van der Waals surface area contributed by atoms with Crippen LogP contribution in [0.5, 0.6) is 0 Å². The van der Waals surface area contributed by atoms with Gasteiger partial charge in [-0.1, -0.05) is 39.0 Å². The summed E-state index contributed by atoms with van der Waals surface area (Å²) in [6, 6.07) is 8.38. The average molecular weight is 450 g/mol. The molecule has 9 heteroatoms. The third kappa shape index (κ3) is 6.79. The lowest BCUT2D eigenvalue weighted by atomic mass is 9.96. The van der Waals surface area contributed by atoms with Gasteiger partial charge in [0.2, 0.25) is 15.9 Å². The lowest BCUT2D eigenvalue weighted by Gasteiger charge is -2.16. The Bertz CT molecular complexity index is 1030. The summed E-state index contributed by atoms with van der Waals surface area (Å²) >= 11 is 1.21. The highest BCUT2D eigenvalue weighted by Gasteiger charge is 2.23. The van der Waals surface area contributed by atoms with E-state index in [4.69, 9.17) is 0 Å². The zero-order valence-electron chi connectivity index (χ0n) is 17.5. The van der Waals surface area contributed by atoms with Crippen LogP contribution in [0, 0.1) is 12.3 Å². The van der Waals surface area contributed by atoms with Gasteiger partial charge < -0.3 is 10.6 Å². The maximum Gasteiger partial charge on any atom is 0.266 e. The molecule has 1 heterocycles. The molecule has 1 aromatic carbocycles. The number of carbonyl (C=O) groups is 2. The van der Waals surface area contributed by atoms with Crippen molar-refractivity contribution >= 4 is 43.9 Å². The predicted octanol–water partition coefficient (Wildman–Crippen LogP) is 3.90. The monoisotopic (exact) mass is 449 g/mol. The Balaban J connectivity index is 2.04. The van der Waals surface area contributed by atoms with Crippen molar-refractivity contribution in [3.05, 3.63) is 59.0 Å². The van der Waals surface area contributed by atoms with Crippen LogP contribution in [0.3, 0.4) is 0 Å². The van der Waals surface area contributed by atoms with Crippen LogP contribution >= 0.6 is 11.3 Å². The molecule has 1 aromatic heterocycles. The number of benzene rings is 1. The summed E-state index contributed by atoms with van der Waals surface area (Å²) in [7, 11) is -3.44. The van der Waals surface area contributed by atoms with Crippen LogP contribution in [0.15, 0.2) is 43.0 Å². The second-order valence-electron chi connectivity index (χ2n) is 7.87. The van der Waals surface area contributed by atoms with Gasteiger partial charge in [-0.25, -0.2) is 13.1 Å². The van der Waals surface area contributed by atoms with Crippen molar-refractivity contribution in [1.82, 2.24) is 4.72 Å². The van der Waals surface area contributed by atoms with E-state index in [1.165, 1.54) is 17.4 Å².